The largest absolute Gasteiger partial charge is 0.437 e. The lowest BCUT2D eigenvalue weighted by Crippen LogP contribution is -2.00. The van der Waals surface area contributed by atoms with Gasteiger partial charge in [-0.25, -0.2) is 4.98 Å². The van der Waals surface area contributed by atoms with Crippen LogP contribution in [0.2, 0.25) is 0 Å². The number of anilines is 1. The van der Waals surface area contributed by atoms with Gasteiger partial charge in [0.05, 0.1) is 24.1 Å². The summed E-state index contributed by atoms with van der Waals surface area (Å²) in [4.78, 5) is 4.29. The summed E-state index contributed by atoms with van der Waals surface area (Å²) in [5.74, 6) is 1.74. The molecule has 0 saturated carbocycles. The summed E-state index contributed by atoms with van der Waals surface area (Å²) in [6.45, 7) is 4.65. The van der Waals surface area contributed by atoms with Crippen molar-refractivity contribution < 1.29 is 4.42 Å². The quantitative estimate of drug-likeness (QED) is 0.823. The molecule has 5 nitrogen and oxygen atoms in total. The minimum absolute atomic E-state index is 0.688. The van der Waals surface area contributed by atoms with Crippen LogP contribution in [0.3, 0.4) is 0 Å². The maximum absolute atomic E-state index is 5.56. The molecule has 16 heavy (non-hydrogen) atoms. The smallest absolute Gasteiger partial charge is 0.256 e. The Hall–Kier alpha value is -1.43. The monoisotopic (exact) mass is 238 g/mol. The van der Waals surface area contributed by atoms with Crippen LogP contribution in [-0.4, -0.2) is 20.5 Å². The zero-order chi connectivity index (χ0) is 11.5. The predicted octanol–water partition coefficient (Wildman–Crippen LogP) is 1.86. The van der Waals surface area contributed by atoms with Crippen LogP contribution in [0, 0.1) is 13.8 Å². The van der Waals surface area contributed by atoms with Gasteiger partial charge < -0.3 is 10.2 Å². The van der Waals surface area contributed by atoms with E-state index in [0.29, 0.717) is 5.69 Å². The number of hydrogen-bond donors (Lipinski definition) is 1. The molecule has 0 saturated heterocycles. The molecular formula is C10H14N4OS. The van der Waals surface area contributed by atoms with E-state index in [9.17, 15) is 0 Å². The third-order valence-corrected chi connectivity index (χ3v) is 3.02. The average molecular weight is 238 g/mol. The van der Waals surface area contributed by atoms with E-state index < -0.39 is 0 Å². The lowest BCUT2D eigenvalue weighted by Gasteiger charge is -1.98. The van der Waals surface area contributed by atoms with Gasteiger partial charge in [0.1, 0.15) is 5.76 Å². The first-order valence-corrected chi connectivity index (χ1v) is 5.98. The maximum Gasteiger partial charge on any atom is 0.256 e. The molecule has 2 aromatic rings. The van der Waals surface area contributed by atoms with Crippen LogP contribution in [0.4, 0.5) is 5.69 Å². The minimum atomic E-state index is 0.688. The fourth-order valence-electron chi connectivity index (χ4n) is 1.23. The molecule has 86 valence electrons. The lowest BCUT2D eigenvalue weighted by atomic mass is 10.4. The van der Waals surface area contributed by atoms with Crippen molar-refractivity contribution in [3.05, 3.63) is 23.8 Å². The highest BCUT2D eigenvalue weighted by atomic mass is 32.2. The highest BCUT2D eigenvalue weighted by Crippen LogP contribution is 2.20. The van der Waals surface area contributed by atoms with Crippen LogP contribution >= 0.6 is 11.8 Å². The molecule has 2 heterocycles. The van der Waals surface area contributed by atoms with Gasteiger partial charge in [0.25, 0.3) is 5.22 Å². The number of hydrogen-bond acceptors (Lipinski definition) is 5. The van der Waals surface area contributed by atoms with Gasteiger partial charge in [-0.05, 0) is 13.8 Å². The molecule has 0 aliphatic rings. The van der Waals surface area contributed by atoms with Crippen LogP contribution in [-0.2, 0) is 6.54 Å². The third-order valence-electron chi connectivity index (χ3n) is 2.21. The molecule has 0 bridgehead atoms. The molecule has 0 fully saturated rings. The third kappa shape index (κ3) is 2.57. The number of nitrogens with two attached hydrogens (primary N) is 1. The number of aromatic nitrogens is 3. The Kier molecular flexibility index (Phi) is 3.19. The first-order chi connectivity index (χ1) is 7.65. The molecule has 0 amide bonds. The summed E-state index contributed by atoms with van der Waals surface area (Å²) in [6, 6.07) is 0. The van der Waals surface area contributed by atoms with E-state index in [1.807, 2.05) is 24.7 Å². The van der Waals surface area contributed by atoms with Gasteiger partial charge in [-0.15, -0.1) is 0 Å². The van der Waals surface area contributed by atoms with Crippen molar-refractivity contribution in [2.75, 3.05) is 11.5 Å². The Morgan fingerprint density at radius 3 is 2.88 bits per heavy atom. The van der Waals surface area contributed by atoms with Gasteiger partial charge in [-0.2, -0.15) is 5.10 Å². The lowest BCUT2D eigenvalue weighted by molar-refractivity contribution is 0.431. The van der Waals surface area contributed by atoms with Crippen molar-refractivity contribution >= 4 is 17.4 Å². The van der Waals surface area contributed by atoms with E-state index in [1.54, 1.807) is 18.0 Å². The fourth-order valence-corrected chi connectivity index (χ4v) is 2.07. The zero-order valence-corrected chi connectivity index (χ0v) is 10.1. The second-order valence-corrected chi connectivity index (χ2v) is 4.55. The highest BCUT2D eigenvalue weighted by Gasteiger charge is 2.05. The summed E-state index contributed by atoms with van der Waals surface area (Å²) < 4.78 is 7.27. The number of oxazole rings is 1. The Labute approximate surface area is 98.0 Å². The predicted molar refractivity (Wildman–Crippen MR) is 63.3 cm³/mol. The Balaban J connectivity index is 1.84. The summed E-state index contributed by atoms with van der Waals surface area (Å²) in [7, 11) is 0. The van der Waals surface area contributed by atoms with Crippen LogP contribution in [0.5, 0.6) is 0 Å². The minimum Gasteiger partial charge on any atom is -0.437 e. The molecule has 0 atom stereocenters. The first kappa shape index (κ1) is 11.1. The molecule has 0 aliphatic heterocycles. The van der Waals surface area contributed by atoms with Crippen LogP contribution in [0.1, 0.15) is 11.5 Å². The van der Waals surface area contributed by atoms with Gasteiger partial charge in [-0.1, -0.05) is 11.8 Å². The molecule has 0 radical (unpaired) electrons. The number of nitrogens with zero attached hydrogens (tertiary/aromatic N) is 3. The van der Waals surface area contributed by atoms with E-state index in [4.69, 9.17) is 10.2 Å². The summed E-state index contributed by atoms with van der Waals surface area (Å²) in [5.41, 5.74) is 7.20. The van der Waals surface area contributed by atoms with Crippen molar-refractivity contribution in [1.29, 1.82) is 0 Å². The van der Waals surface area contributed by atoms with Crippen molar-refractivity contribution in [2.45, 2.75) is 25.6 Å². The van der Waals surface area contributed by atoms with Gasteiger partial charge in [-0.3, -0.25) is 4.68 Å². The molecule has 0 aromatic carbocycles. The maximum atomic E-state index is 5.56. The molecule has 2 rings (SSSR count). The summed E-state index contributed by atoms with van der Waals surface area (Å²) >= 11 is 1.58. The number of rotatable bonds is 4. The van der Waals surface area contributed by atoms with Gasteiger partial charge in [0.2, 0.25) is 0 Å². The Bertz CT molecular complexity index is 457. The highest BCUT2D eigenvalue weighted by molar-refractivity contribution is 7.99. The fraction of sp³-hybridized carbons (Fsp3) is 0.400. The topological polar surface area (TPSA) is 69.9 Å². The molecule has 0 spiro atoms. The van der Waals surface area contributed by atoms with E-state index in [1.165, 1.54) is 0 Å². The van der Waals surface area contributed by atoms with E-state index >= 15 is 0 Å². The number of thioether (sulfide) groups is 1. The van der Waals surface area contributed by atoms with E-state index in [0.717, 1.165) is 29.0 Å². The van der Waals surface area contributed by atoms with E-state index in [-0.39, 0.29) is 0 Å². The molecular weight excluding hydrogens is 224 g/mol. The molecule has 2 aromatic heterocycles. The second kappa shape index (κ2) is 4.61. The van der Waals surface area contributed by atoms with Crippen LogP contribution in [0.15, 0.2) is 22.0 Å². The molecule has 2 N–H and O–H groups in total. The van der Waals surface area contributed by atoms with Crippen molar-refractivity contribution in [1.82, 2.24) is 14.8 Å². The van der Waals surface area contributed by atoms with Crippen LogP contribution < -0.4 is 5.73 Å². The average Bonchev–Trinajstić information content (AvgIpc) is 2.75. The van der Waals surface area contributed by atoms with Crippen molar-refractivity contribution in [2.24, 2.45) is 0 Å². The SMILES string of the molecule is Cc1nc(SCCn2cc(N)cn2)oc1C. The van der Waals surface area contributed by atoms with Crippen molar-refractivity contribution in [3.8, 4) is 0 Å². The summed E-state index contributed by atoms with van der Waals surface area (Å²) in [6.07, 6.45) is 3.46. The van der Waals surface area contributed by atoms with Crippen LogP contribution in [0.25, 0.3) is 0 Å². The summed E-state index contributed by atoms with van der Waals surface area (Å²) in [5, 5.41) is 4.81. The Morgan fingerprint density at radius 2 is 2.31 bits per heavy atom. The zero-order valence-electron chi connectivity index (χ0n) is 9.30. The van der Waals surface area contributed by atoms with E-state index in [2.05, 4.69) is 10.1 Å². The van der Waals surface area contributed by atoms with Crippen molar-refractivity contribution in [3.63, 3.8) is 0 Å². The number of aryl methyl sites for hydroxylation is 3. The number of nitrogen functional groups attached to an aromatic ring is 1. The molecule has 0 unspecified atom stereocenters. The second-order valence-electron chi connectivity index (χ2n) is 3.51. The first-order valence-electron chi connectivity index (χ1n) is 5.00. The van der Waals surface area contributed by atoms with Gasteiger partial charge in [0, 0.05) is 11.9 Å². The molecule has 6 heteroatoms. The molecule has 0 aliphatic carbocycles. The van der Waals surface area contributed by atoms with Gasteiger partial charge in [0.15, 0.2) is 0 Å². The normalized spacial score (nSPS) is 10.9. The Morgan fingerprint density at radius 1 is 1.50 bits per heavy atom. The standard InChI is InChI=1S/C10H14N4OS/c1-7-8(2)15-10(13-7)16-4-3-14-6-9(11)5-12-14/h5-6H,3-4,11H2,1-2H3. The van der Waals surface area contributed by atoms with Gasteiger partial charge >= 0.3 is 0 Å².